The largest absolute Gasteiger partial charge is 0.398 e. The highest BCUT2D eigenvalue weighted by atomic mass is 32.2. The van der Waals surface area contributed by atoms with Gasteiger partial charge in [-0.25, -0.2) is 8.42 Å². The lowest BCUT2D eigenvalue weighted by Gasteiger charge is -2.10. The standard InChI is InChI=1S/C12H16N4O2S/c1-8-4-11(5-12(13)9(8)2)19(17,18)15-10-6-14-16(3)7-10/h4-7,15H,13H2,1-3H3. The third-order valence-electron chi connectivity index (χ3n) is 2.95. The predicted octanol–water partition coefficient (Wildman–Crippen LogP) is 1.42. The summed E-state index contributed by atoms with van der Waals surface area (Å²) in [6.45, 7) is 3.68. The molecule has 0 amide bonds. The van der Waals surface area contributed by atoms with Crippen molar-refractivity contribution < 1.29 is 8.42 Å². The van der Waals surface area contributed by atoms with Gasteiger partial charge in [0.25, 0.3) is 10.0 Å². The van der Waals surface area contributed by atoms with Crippen molar-refractivity contribution in [3.05, 3.63) is 35.7 Å². The zero-order valence-electron chi connectivity index (χ0n) is 11.0. The molecule has 1 heterocycles. The molecule has 0 aliphatic carbocycles. The van der Waals surface area contributed by atoms with E-state index in [2.05, 4.69) is 9.82 Å². The zero-order valence-corrected chi connectivity index (χ0v) is 11.8. The predicted molar refractivity (Wildman–Crippen MR) is 74.3 cm³/mol. The van der Waals surface area contributed by atoms with Gasteiger partial charge in [0, 0.05) is 18.9 Å². The number of aromatic nitrogens is 2. The van der Waals surface area contributed by atoms with E-state index in [-0.39, 0.29) is 4.90 Å². The van der Waals surface area contributed by atoms with E-state index in [9.17, 15) is 8.42 Å². The van der Waals surface area contributed by atoms with Crippen LogP contribution in [0.5, 0.6) is 0 Å². The third-order valence-corrected chi connectivity index (χ3v) is 4.31. The topological polar surface area (TPSA) is 90.0 Å². The Morgan fingerprint density at radius 2 is 2.00 bits per heavy atom. The van der Waals surface area contributed by atoms with Gasteiger partial charge in [-0.2, -0.15) is 5.10 Å². The van der Waals surface area contributed by atoms with Crippen LogP contribution in [0.15, 0.2) is 29.4 Å². The molecule has 102 valence electrons. The summed E-state index contributed by atoms with van der Waals surface area (Å²) in [7, 11) is -1.93. The van der Waals surface area contributed by atoms with Gasteiger partial charge in [0.1, 0.15) is 0 Å². The molecule has 0 aliphatic heterocycles. The quantitative estimate of drug-likeness (QED) is 0.832. The van der Waals surface area contributed by atoms with E-state index in [4.69, 9.17) is 5.73 Å². The maximum Gasteiger partial charge on any atom is 0.262 e. The van der Waals surface area contributed by atoms with Crippen molar-refractivity contribution in [1.82, 2.24) is 9.78 Å². The van der Waals surface area contributed by atoms with Crippen LogP contribution in [0, 0.1) is 13.8 Å². The van der Waals surface area contributed by atoms with Crippen LogP contribution in [0.3, 0.4) is 0 Å². The van der Waals surface area contributed by atoms with Gasteiger partial charge in [-0.05, 0) is 37.1 Å². The highest BCUT2D eigenvalue weighted by molar-refractivity contribution is 7.92. The highest BCUT2D eigenvalue weighted by Crippen LogP contribution is 2.23. The molecular weight excluding hydrogens is 264 g/mol. The first-order chi connectivity index (χ1) is 8.79. The molecule has 0 bridgehead atoms. The van der Waals surface area contributed by atoms with Gasteiger partial charge in [0.2, 0.25) is 0 Å². The van der Waals surface area contributed by atoms with E-state index in [0.29, 0.717) is 11.4 Å². The fraction of sp³-hybridized carbons (Fsp3) is 0.250. The summed E-state index contributed by atoms with van der Waals surface area (Å²) in [6, 6.07) is 3.06. The second-order valence-corrected chi connectivity index (χ2v) is 6.14. The number of anilines is 2. The molecular formula is C12H16N4O2S. The van der Waals surface area contributed by atoms with Crippen LogP contribution in [0.25, 0.3) is 0 Å². The number of nitrogen functional groups attached to an aromatic ring is 1. The lowest BCUT2D eigenvalue weighted by atomic mass is 10.1. The Balaban J connectivity index is 2.40. The van der Waals surface area contributed by atoms with Crippen molar-refractivity contribution in [2.45, 2.75) is 18.7 Å². The number of hydrogen-bond acceptors (Lipinski definition) is 4. The summed E-state index contributed by atoms with van der Waals surface area (Å²) in [6.07, 6.45) is 3.03. The van der Waals surface area contributed by atoms with Gasteiger partial charge < -0.3 is 5.73 Å². The van der Waals surface area contributed by atoms with Crippen LogP contribution in [0.4, 0.5) is 11.4 Å². The normalized spacial score (nSPS) is 11.5. The van der Waals surface area contributed by atoms with Crippen molar-refractivity contribution in [3.63, 3.8) is 0 Å². The highest BCUT2D eigenvalue weighted by Gasteiger charge is 2.17. The molecule has 19 heavy (non-hydrogen) atoms. The van der Waals surface area contributed by atoms with Gasteiger partial charge in [-0.1, -0.05) is 0 Å². The molecule has 0 saturated heterocycles. The lowest BCUT2D eigenvalue weighted by Crippen LogP contribution is -2.13. The number of rotatable bonds is 3. The molecule has 0 fully saturated rings. The number of nitrogens with two attached hydrogens (primary N) is 1. The second-order valence-electron chi connectivity index (χ2n) is 4.46. The first-order valence-corrected chi connectivity index (χ1v) is 7.16. The Morgan fingerprint density at radius 3 is 2.53 bits per heavy atom. The Labute approximate surface area is 112 Å². The number of nitrogens with zero attached hydrogens (tertiary/aromatic N) is 2. The number of sulfonamides is 1. The van der Waals surface area contributed by atoms with Crippen molar-refractivity contribution >= 4 is 21.4 Å². The molecule has 1 aromatic carbocycles. The maximum absolute atomic E-state index is 12.2. The summed E-state index contributed by atoms with van der Waals surface area (Å²) < 4.78 is 28.4. The summed E-state index contributed by atoms with van der Waals surface area (Å²) in [5.41, 5.74) is 8.42. The van der Waals surface area contributed by atoms with Gasteiger partial charge >= 0.3 is 0 Å². The molecule has 0 atom stereocenters. The summed E-state index contributed by atoms with van der Waals surface area (Å²) in [5.74, 6) is 0. The second kappa shape index (κ2) is 4.58. The monoisotopic (exact) mass is 280 g/mol. The first-order valence-electron chi connectivity index (χ1n) is 5.68. The molecule has 0 unspecified atom stereocenters. The van der Waals surface area contributed by atoms with Gasteiger partial charge in [0.05, 0.1) is 16.8 Å². The van der Waals surface area contributed by atoms with Crippen molar-refractivity contribution in [1.29, 1.82) is 0 Å². The molecule has 0 saturated carbocycles. The SMILES string of the molecule is Cc1cc(S(=O)(=O)Nc2cnn(C)c2)cc(N)c1C. The van der Waals surface area contributed by atoms with Crippen LogP contribution in [0.2, 0.25) is 0 Å². The van der Waals surface area contributed by atoms with Gasteiger partial charge in [0.15, 0.2) is 0 Å². The molecule has 2 aromatic rings. The average molecular weight is 280 g/mol. The molecule has 0 aliphatic rings. The van der Waals surface area contributed by atoms with E-state index in [1.54, 1.807) is 19.3 Å². The van der Waals surface area contributed by atoms with E-state index in [1.807, 2.05) is 13.8 Å². The van der Waals surface area contributed by atoms with E-state index in [1.165, 1.54) is 16.9 Å². The minimum atomic E-state index is -3.65. The Morgan fingerprint density at radius 1 is 1.32 bits per heavy atom. The zero-order chi connectivity index (χ0) is 14.2. The molecule has 0 radical (unpaired) electrons. The molecule has 6 nitrogen and oxygen atoms in total. The van der Waals surface area contributed by atoms with Crippen molar-refractivity contribution in [2.75, 3.05) is 10.5 Å². The van der Waals surface area contributed by atoms with Crippen LogP contribution >= 0.6 is 0 Å². The van der Waals surface area contributed by atoms with Crippen LogP contribution < -0.4 is 10.5 Å². The van der Waals surface area contributed by atoms with E-state index in [0.717, 1.165) is 11.1 Å². The maximum atomic E-state index is 12.2. The van der Waals surface area contributed by atoms with Crippen molar-refractivity contribution in [3.8, 4) is 0 Å². The van der Waals surface area contributed by atoms with Crippen LogP contribution in [-0.2, 0) is 17.1 Å². The minimum absolute atomic E-state index is 0.150. The Kier molecular flexibility index (Phi) is 3.23. The first kappa shape index (κ1) is 13.4. The lowest BCUT2D eigenvalue weighted by molar-refractivity contribution is 0.601. The number of benzene rings is 1. The third kappa shape index (κ3) is 2.70. The summed E-state index contributed by atoms with van der Waals surface area (Å²) in [4.78, 5) is 0.150. The number of aryl methyl sites for hydroxylation is 2. The fourth-order valence-corrected chi connectivity index (χ4v) is 2.84. The molecule has 2 rings (SSSR count). The summed E-state index contributed by atoms with van der Waals surface area (Å²) >= 11 is 0. The van der Waals surface area contributed by atoms with E-state index < -0.39 is 10.0 Å². The molecule has 0 spiro atoms. The Hall–Kier alpha value is -2.02. The molecule has 1 aromatic heterocycles. The smallest absolute Gasteiger partial charge is 0.262 e. The van der Waals surface area contributed by atoms with Crippen molar-refractivity contribution in [2.24, 2.45) is 7.05 Å². The minimum Gasteiger partial charge on any atom is -0.398 e. The van der Waals surface area contributed by atoms with E-state index >= 15 is 0 Å². The number of hydrogen-bond donors (Lipinski definition) is 2. The summed E-state index contributed by atoms with van der Waals surface area (Å²) in [5, 5.41) is 3.91. The fourth-order valence-electron chi connectivity index (χ4n) is 1.70. The van der Waals surface area contributed by atoms with Crippen LogP contribution in [-0.4, -0.2) is 18.2 Å². The van der Waals surface area contributed by atoms with Gasteiger partial charge in [-0.15, -0.1) is 0 Å². The Bertz CT molecular complexity index is 696. The molecule has 7 heteroatoms. The average Bonchev–Trinajstić information content (AvgIpc) is 2.70. The molecule has 3 N–H and O–H groups in total. The number of nitrogens with one attached hydrogen (secondary N) is 1. The van der Waals surface area contributed by atoms with Gasteiger partial charge in [-0.3, -0.25) is 9.40 Å². The van der Waals surface area contributed by atoms with Crippen LogP contribution in [0.1, 0.15) is 11.1 Å².